The van der Waals surface area contributed by atoms with E-state index in [2.05, 4.69) is 26.7 Å². The highest BCUT2D eigenvalue weighted by Gasteiger charge is 2.28. The first-order valence-electron chi connectivity index (χ1n) is 33.7. The number of fused-ring (bicyclic) bond motifs is 8. The lowest BCUT2D eigenvalue weighted by Crippen LogP contribution is -2.18. The Bertz CT molecular complexity index is 3240. The standard InChI is InChI=1S/C77H98O18/c1-12-17-21-25-65(78)53-37-57-45-59-39-54(66(79)26-22-18-13-2)41-61(72(59)90-31-34-93-75(84)50(6)7)47-63-43-56(68(81)28-24-20-15-4)44-64(74(63)92-33-36-95-77(86)52(10)11)48-62-42-55(67(80)27-23-19-14-3)40-60(73(62)91-32-35-94-76(85)51(8)9)46-58(38-53)71(57)89-30-29-88-70(83)49-69(82)87-16-5/h37-44H,6,8,10,12-36,45-49H2,1-5,7,9,11H3. The normalized spacial score (nSPS) is 11.5. The molecule has 4 aromatic carbocycles. The molecule has 0 amide bonds. The zero-order chi connectivity index (χ0) is 69.4. The number of ether oxygens (including phenoxy) is 9. The number of esters is 5. The molecule has 8 bridgehead atoms. The average Bonchev–Trinajstić information content (AvgIpc) is 0.782. The van der Waals surface area contributed by atoms with Crippen molar-refractivity contribution in [2.75, 3.05) is 59.5 Å². The zero-order valence-electron chi connectivity index (χ0n) is 57.3. The Balaban J connectivity index is 2.02. The molecule has 0 saturated heterocycles. The molecule has 4 aromatic rings. The molecule has 0 heterocycles. The Hall–Kier alpha value is -8.67. The molecule has 0 radical (unpaired) electrons. The van der Waals surface area contributed by atoms with Gasteiger partial charge >= 0.3 is 29.8 Å². The van der Waals surface area contributed by atoms with Gasteiger partial charge in [-0.15, -0.1) is 0 Å². The molecule has 18 heteroatoms. The maximum Gasteiger partial charge on any atom is 0.333 e. The molecule has 0 atom stereocenters. The van der Waals surface area contributed by atoms with Gasteiger partial charge in [0.25, 0.3) is 0 Å². The van der Waals surface area contributed by atoms with Crippen LogP contribution in [0.3, 0.4) is 0 Å². The Labute approximate surface area is 560 Å². The summed E-state index contributed by atoms with van der Waals surface area (Å²) in [5.41, 5.74) is 5.64. The minimum absolute atomic E-state index is 0.0473. The molecule has 0 spiro atoms. The predicted octanol–water partition coefficient (Wildman–Crippen LogP) is 14.8. The van der Waals surface area contributed by atoms with Gasteiger partial charge in [-0.3, -0.25) is 28.8 Å². The summed E-state index contributed by atoms with van der Waals surface area (Å²) in [6.45, 7) is 24.0. The lowest BCUT2D eigenvalue weighted by Gasteiger charge is -2.25. The molecular formula is C77H98O18. The summed E-state index contributed by atoms with van der Waals surface area (Å²) >= 11 is 0. The number of benzene rings is 4. The SMILES string of the molecule is C=C(C)C(=O)OCCOc1c2cc(C(=O)CCCCC)cc1Cc1cc(C(=O)CCCCC)cc(c1OCCOC(=O)C(=C)C)Cc1cc(C(=O)CCCCC)cc(c1OCCOC(=O)C(=C)C)Cc1cc(C(=O)CCCCC)cc(c1OCCOC(=O)CC(=O)OCC)C2. The van der Waals surface area contributed by atoms with Gasteiger partial charge in [-0.2, -0.15) is 0 Å². The number of carbonyl (C=O) groups excluding carboxylic acids is 9. The van der Waals surface area contributed by atoms with Gasteiger partial charge in [0.2, 0.25) is 0 Å². The van der Waals surface area contributed by atoms with Crippen molar-refractivity contribution in [2.45, 2.75) is 190 Å². The van der Waals surface area contributed by atoms with Crippen LogP contribution in [0.1, 0.15) is 250 Å². The van der Waals surface area contributed by atoms with Crippen molar-refractivity contribution in [2.24, 2.45) is 0 Å². The number of Topliss-reactive ketones (excluding diaryl/α,β-unsaturated/α-hetero) is 4. The van der Waals surface area contributed by atoms with E-state index in [0.29, 0.717) is 98.2 Å². The van der Waals surface area contributed by atoms with E-state index >= 15 is 0 Å². The van der Waals surface area contributed by atoms with Crippen LogP contribution < -0.4 is 18.9 Å². The Kier molecular flexibility index (Phi) is 32.9. The molecule has 1 aliphatic carbocycles. The van der Waals surface area contributed by atoms with E-state index in [1.165, 1.54) is 20.8 Å². The fraction of sp³-hybridized carbons (Fsp3) is 0.494. The van der Waals surface area contributed by atoms with Crippen LogP contribution in [0.15, 0.2) is 85.0 Å². The molecule has 5 rings (SSSR count). The third-order valence-corrected chi connectivity index (χ3v) is 15.7. The minimum Gasteiger partial charge on any atom is -0.489 e. The Morgan fingerprint density at radius 2 is 0.537 bits per heavy atom. The quantitative estimate of drug-likeness (QED) is 0.00881. The van der Waals surface area contributed by atoms with E-state index in [0.717, 1.165) is 51.4 Å². The maximum atomic E-state index is 14.8. The molecule has 0 aliphatic heterocycles. The Morgan fingerprint density at radius 1 is 0.316 bits per heavy atom. The fourth-order valence-electron chi connectivity index (χ4n) is 10.9. The van der Waals surface area contributed by atoms with Crippen molar-refractivity contribution in [1.29, 1.82) is 0 Å². The number of carbonyl (C=O) groups is 9. The highest BCUT2D eigenvalue weighted by molar-refractivity contribution is 5.99. The summed E-state index contributed by atoms with van der Waals surface area (Å²) in [7, 11) is 0. The van der Waals surface area contributed by atoms with Gasteiger partial charge in [-0.25, -0.2) is 14.4 Å². The molecular weight excluding hydrogens is 1210 g/mol. The van der Waals surface area contributed by atoms with E-state index in [9.17, 15) is 43.2 Å². The van der Waals surface area contributed by atoms with Crippen molar-refractivity contribution < 1.29 is 85.8 Å². The van der Waals surface area contributed by atoms with Crippen molar-refractivity contribution in [1.82, 2.24) is 0 Å². The van der Waals surface area contributed by atoms with E-state index in [4.69, 9.17) is 42.6 Å². The molecule has 1 aliphatic rings. The van der Waals surface area contributed by atoms with E-state index in [1.54, 1.807) is 55.5 Å². The number of hydrogen-bond acceptors (Lipinski definition) is 18. The second-order valence-electron chi connectivity index (χ2n) is 24.1. The Morgan fingerprint density at radius 3 is 0.747 bits per heavy atom. The van der Waals surface area contributed by atoms with Crippen LogP contribution in [0.5, 0.6) is 23.0 Å². The van der Waals surface area contributed by atoms with E-state index < -0.39 is 36.3 Å². The van der Waals surface area contributed by atoms with Gasteiger partial charge in [-0.1, -0.05) is 98.8 Å². The number of rotatable bonds is 42. The average molecular weight is 1310 g/mol. The third kappa shape index (κ3) is 24.9. The molecule has 514 valence electrons. The molecule has 0 fully saturated rings. The molecule has 0 saturated carbocycles. The number of unbranched alkanes of at least 4 members (excludes halogenated alkanes) is 8. The van der Waals surface area contributed by atoms with Crippen LogP contribution in [0.2, 0.25) is 0 Å². The van der Waals surface area contributed by atoms with Gasteiger partial charge in [0, 0.05) is 90.3 Å². The van der Waals surface area contributed by atoms with Crippen LogP contribution in [-0.2, 0) is 73.3 Å². The summed E-state index contributed by atoms with van der Waals surface area (Å²) in [5, 5.41) is 0. The predicted molar refractivity (Wildman–Crippen MR) is 362 cm³/mol. The van der Waals surface area contributed by atoms with Crippen LogP contribution in [0.4, 0.5) is 0 Å². The minimum atomic E-state index is -0.841. The van der Waals surface area contributed by atoms with Crippen molar-refractivity contribution in [3.05, 3.63) is 152 Å². The van der Waals surface area contributed by atoms with E-state index in [-0.39, 0.29) is 168 Å². The van der Waals surface area contributed by atoms with E-state index in [1.807, 2.05) is 20.8 Å². The third-order valence-electron chi connectivity index (χ3n) is 15.7. The molecule has 95 heavy (non-hydrogen) atoms. The summed E-state index contributed by atoms with van der Waals surface area (Å²) in [4.78, 5) is 123. The van der Waals surface area contributed by atoms with Crippen molar-refractivity contribution in [3.63, 3.8) is 0 Å². The number of hydrogen-bond donors (Lipinski definition) is 0. The zero-order valence-corrected chi connectivity index (χ0v) is 57.3. The molecule has 0 N–H and O–H groups in total. The fourth-order valence-corrected chi connectivity index (χ4v) is 10.9. The first-order chi connectivity index (χ1) is 45.6. The van der Waals surface area contributed by atoms with Crippen molar-refractivity contribution >= 4 is 53.0 Å². The summed E-state index contributed by atoms with van der Waals surface area (Å²) in [5.74, 6) is -2.99. The van der Waals surface area contributed by atoms with Gasteiger partial charge in [0.05, 0.1) is 6.61 Å². The molecule has 0 unspecified atom stereocenters. The lowest BCUT2D eigenvalue weighted by atomic mass is 9.86. The van der Waals surface area contributed by atoms with Gasteiger partial charge in [0.1, 0.15) is 82.3 Å². The largest absolute Gasteiger partial charge is 0.489 e. The summed E-state index contributed by atoms with van der Waals surface area (Å²) < 4.78 is 54.5. The van der Waals surface area contributed by atoms with Crippen LogP contribution in [0.25, 0.3) is 0 Å². The second-order valence-corrected chi connectivity index (χ2v) is 24.1. The summed E-state index contributed by atoms with van der Waals surface area (Å²) in [6, 6.07) is 14.1. The monoisotopic (exact) mass is 1310 g/mol. The van der Waals surface area contributed by atoms with Gasteiger partial charge < -0.3 is 42.6 Å². The molecule has 0 aromatic heterocycles. The van der Waals surface area contributed by atoms with Gasteiger partial charge in [0.15, 0.2) is 23.1 Å². The van der Waals surface area contributed by atoms with Crippen LogP contribution >= 0.6 is 0 Å². The number of ketones is 4. The highest BCUT2D eigenvalue weighted by atomic mass is 16.6. The maximum absolute atomic E-state index is 14.8. The lowest BCUT2D eigenvalue weighted by molar-refractivity contribution is -0.154. The topological polar surface area (TPSA) is 237 Å². The van der Waals surface area contributed by atoms with Gasteiger partial charge in [-0.05, 0) is 146 Å². The smallest absolute Gasteiger partial charge is 0.333 e. The molecule has 18 nitrogen and oxygen atoms in total. The first kappa shape index (κ1) is 77.0. The summed E-state index contributed by atoms with van der Waals surface area (Å²) in [6.07, 6.45) is 9.06. The van der Waals surface area contributed by atoms with Crippen LogP contribution in [0, 0.1) is 0 Å². The van der Waals surface area contributed by atoms with Crippen LogP contribution in [-0.4, -0.2) is 112 Å². The highest BCUT2D eigenvalue weighted by Crippen LogP contribution is 2.42. The van der Waals surface area contributed by atoms with Crippen molar-refractivity contribution in [3.8, 4) is 23.0 Å². The first-order valence-corrected chi connectivity index (χ1v) is 33.7. The second kappa shape index (κ2) is 40.6.